The second-order valence-electron chi connectivity index (χ2n) is 11.0. The number of amides is 1. The van der Waals surface area contributed by atoms with Crippen molar-refractivity contribution in [3.8, 4) is 10.7 Å². The Labute approximate surface area is 223 Å². The van der Waals surface area contributed by atoms with E-state index in [1.165, 1.54) is 0 Å². The molecule has 3 heterocycles. The molecule has 2 unspecified atom stereocenters. The first kappa shape index (κ1) is 25.6. The Balaban J connectivity index is 1.47. The van der Waals surface area contributed by atoms with Crippen molar-refractivity contribution in [1.29, 1.82) is 0 Å². The van der Waals surface area contributed by atoms with Gasteiger partial charge < -0.3 is 9.80 Å². The number of aryl methyl sites for hydroxylation is 1. The van der Waals surface area contributed by atoms with E-state index < -0.39 is 27.0 Å². The van der Waals surface area contributed by atoms with Gasteiger partial charge in [0.2, 0.25) is 15.9 Å². The van der Waals surface area contributed by atoms with Gasteiger partial charge in [-0.15, -0.1) is 10.2 Å². The van der Waals surface area contributed by atoms with Crippen LogP contribution in [0.1, 0.15) is 51.5 Å². The van der Waals surface area contributed by atoms with E-state index >= 15 is 0 Å². The van der Waals surface area contributed by atoms with E-state index in [1.54, 1.807) is 23.9 Å². The van der Waals surface area contributed by atoms with Crippen LogP contribution < -0.4 is 9.62 Å². The Bertz CT molecular complexity index is 1550. The summed E-state index contributed by atoms with van der Waals surface area (Å²) < 4.78 is 57.9. The molecule has 1 saturated heterocycles. The highest BCUT2D eigenvalue weighted by Gasteiger charge is 2.51. The Morgan fingerprint density at radius 2 is 1.92 bits per heavy atom. The zero-order valence-electron chi connectivity index (χ0n) is 21.5. The third kappa shape index (κ3) is 4.26. The molecule has 38 heavy (non-hydrogen) atoms. The molecule has 204 valence electrons. The summed E-state index contributed by atoms with van der Waals surface area (Å²) in [6.07, 6.45) is -0.443. The van der Waals surface area contributed by atoms with Crippen molar-refractivity contribution in [2.45, 2.75) is 69.0 Å². The van der Waals surface area contributed by atoms with Gasteiger partial charge >= 0.3 is 0 Å². The average molecular weight is 566 g/mol. The molecule has 3 fully saturated rings. The molecule has 1 aromatic carbocycles. The third-order valence-corrected chi connectivity index (χ3v) is 10.2. The molecule has 2 aromatic heterocycles. The molecule has 14 heteroatoms. The van der Waals surface area contributed by atoms with Crippen LogP contribution in [-0.4, -0.2) is 69.9 Å². The number of fused-ring (bicyclic) bond motifs is 2. The number of carbonyl (C=O) groups is 1. The van der Waals surface area contributed by atoms with Crippen LogP contribution >= 0.6 is 11.3 Å². The van der Waals surface area contributed by atoms with Crippen LogP contribution in [-0.2, 0) is 21.9 Å². The first-order valence-electron chi connectivity index (χ1n) is 12.6. The van der Waals surface area contributed by atoms with Crippen LogP contribution in [0.15, 0.2) is 17.0 Å². The maximum atomic E-state index is 13.5. The van der Waals surface area contributed by atoms with Gasteiger partial charge in [0.15, 0.2) is 10.0 Å². The van der Waals surface area contributed by atoms with Crippen molar-refractivity contribution in [2.75, 3.05) is 18.0 Å². The monoisotopic (exact) mass is 565 g/mol. The number of alkyl halides is 2. The minimum absolute atomic E-state index is 0.0619. The summed E-state index contributed by atoms with van der Waals surface area (Å²) >= 11 is 0.741. The number of piperazine rings is 1. The summed E-state index contributed by atoms with van der Waals surface area (Å²) in [5, 5.41) is 12.4. The van der Waals surface area contributed by atoms with E-state index in [2.05, 4.69) is 24.9 Å². The van der Waals surface area contributed by atoms with E-state index in [1.807, 2.05) is 25.7 Å². The largest absolute Gasteiger partial charge is 0.363 e. The fourth-order valence-corrected chi connectivity index (χ4v) is 7.49. The molecule has 0 spiro atoms. The molecular formula is C24H29F2N7O3S2. The first-order chi connectivity index (χ1) is 17.9. The van der Waals surface area contributed by atoms with Gasteiger partial charge in [0.1, 0.15) is 5.69 Å². The van der Waals surface area contributed by atoms with Gasteiger partial charge in [-0.1, -0.05) is 25.2 Å². The Hall–Kier alpha value is -2.71. The number of anilines is 1. The number of hydrogen-bond donors (Lipinski definition) is 1. The Morgan fingerprint density at radius 1 is 1.18 bits per heavy atom. The highest BCUT2D eigenvalue weighted by molar-refractivity contribution is 7.89. The molecule has 2 atom stereocenters. The zero-order valence-corrected chi connectivity index (χ0v) is 23.1. The first-order valence-corrected chi connectivity index (χ1v) is 14.9. The normalized spacial score (nSPS) is 22.4. The number of sulfonamides is 1. The topological polar surface area (TPSA) is 113 Å². The van der Waals surface area contributed by atoms with E-state index in [0.717, 1.165) is 30.6 Å². The molecule has 6 rings (SSSR count). The second-order valence-corrected chi connectivity index (χ2v) is 13.7. The smallest absolute Gasteiger partial charge is 0.291 e. The van der Waals surface area contributed by atoms with Gasteiger partial charge in [-0.05, 0) is 38.3 Å². The number of halogens is 2. The molecule has 2 saturated carbocycles. The van der Waals surface area contributed by atoms with Crippen molar-refractivity contribution in [2.24, 2.45) is 13.0 Å². The van der Waals surface area contributed by atoms with Crippen LogP contribution in [0.2, 0.25) is 0 Å². The van der Waals surface area contributed by atoms with Crippen LogP contribution in [0.5, 0.6) is 0 Å². The fourth-order valence-electron chi connectivity index (χ4n) is 5.28. The van der Waals surface area contributed by atoms with Gasteiger partial charge in [-0.25, -0.2) is 21.9 Å². The van der Waals surface area contributed by atoms with Crippen LogP contribution in [0.3, 0.4) is 0 Å². The summed E-state index contributed by atoms with van der Waals surface area (Å²) in [6.45, 7) is 6.72. The number of nitrogens with zero attached hydrogens (tertiary/aromatic N) is 6. The van der Waals surface area contributed by atoms with E-state index in [0.29, 0.717) is 35.4 Å². The third-order valence-electron chi connectivity index (χ3n) is 7.61. The maximum Gasteiger partial charge on any atom is 0.291 e. The summed E-state index contributed by atoms with van der Waals surface area (Å²) in [4.78, 5) is 16.9. The summed E-state index contributed by atoms with van der Waals surface area (Å²) in [5.74, 6) is 0.0249. The predicted molar refractivity (Wildman–Crippen MR) is 139 cm³/mol. The highest BCUT2D eigenvalue weighted by Crippen LogP contribution is 2.45. The number of benzene rings is 1. The standard InChI is InChI=1S/C24H29F2N7O3S2/c1-12(2)23(34)33-8-7-32(15-11-16(15)33)17-10-13(38(35,36)30-24(3)5-6-24)9-14-18(29-31(4)19(14)17)21-27-28-22(37-21)20(25)26/h9-10,12,15-16,20,30H,5-8,11H2,1-4H3. The lowest BCUT2D eigenvalue weighted by atomic mass is 10.1. The van der Waals surface area contributed by atoms with E-state index in [9.17, 15) is 22.0 Å². The predicted octanol–water partition coefficient (Wildman–Crippen LogP) is 3.31. The van der Waals surface area contributed by atoms with E-state index in [4.69, 9.17) is 0 Å². The van der Waals surface area contributed by atoms with Gasteiger partial charge in [-0.3, -0.25) is 9.48 Å². The second kappa shape index (κ2) is 8.65. The minimum Gasteiger partial charge on any atom is -0.363 e. The molecular weight excluding hydrogens is 536 g/mol. The lowest BCUT2D eigenvalue weighted by molar-refractivity contribution is -0.135. The lowest BCUT2D eigenvalue weighted by Crippen LogP contribution is -2.50. The average Bonchev–Trinajstić information content (AvgIpc) is 3.70. The van der Waals surface area contributed by atoms with Crippen molar-refractivity contribution < 1.29 is 22.0 Å². The highest BCUT2D eigenvalue weighted by atomic mass is 32.2. The van der Waals surface area contributed by atoms with Gasteiger partial charge in [0, 0.05) is 37.0 Å². The molecule has 2 aliphatic carbocycles. The Morgan fingerprint density at radius 3 is 2.55 bits per heavy atom. The van der Waals surface area contributed by atoms with Crippen LogP contribution in [0.25, 0.3) is 21.6 Å². The summed E-state index contributed by atoms with van der Waals surface area (Å²) in [6, 6.07) is 3.34. The molecule has 10 nitrogen and oxygen atoms in total. The number of carbonyl (C=O) groups excluding carboxylic acids is 1. The quantitative estimate of drug-likeness (QED) is 0.468. The van der Waals surface area contributed by atoms with Crippen molar-refractivity contribution in [3.05, 3.63) is 17.1 Å². The molecule has 1 aliphatic heterocycles. The van der Waals surface area contributed by atoms with Crippen molar-refractivity contribution in [1.82, 2.24) is 29.6 Å². The van der Waals surface area contributed by atoms with Crippen molar-refractivity contribution >= 4 is 43.9 Å². The zero-order chi connectivity index (χ0) is 27.1. The summed E-state index contributed by atoms with van der Waals surface area (Å²) in [5.41, 5.74) is 1.21. The lowest BCUT2D eigenvalue weighted by Gasteiger charge is -2.37. The number of aromatic nitrogens is 4. The van der Waals surface area contributed by atoms with Gasteiger partial charge in [0.25, 0.3) is 6.43 Å². The summed E-state index contributed by atoms with van der Waals surface area (Å²) in [7, 11) is -2.14. The molecule has 3 aliphatic rings. The molecule has 3 aromatic rings. The molecule has 0 radical (unpaired) electrons. The number of nitrogens with one attached hydrogen (secondary N) is 1. The maximum absolute atomic E-state index is 13.5. The number of rotatable bonds is 7. The molecule has 1 N–H and O–H groups in total. The molecule has 1 amide bonds. The van der Waals surface area contributed by atoms with Crippen LogP contribution in [0, 0.1) is 5.92 Å². The van der Waals surface area contributed by atoms with Crippen molar-refractivity contribution in [3.63, 3.8) is 0 Å². The van der Waals surface area contributed by atoms with Gasteiger partial charge in [-0.2, -0.15) is 5.10 Å². The van der Waals surface area contributed by atoms with Crippen LogP contribution in [0.4, 0.5) is 14.5 Å². The van der Waals surface area contributed by atoms with Gasteiger partial charge in [0.05, 0.1) is 28.2 Å². The fraction of sp³-hybridized carbons (Fsp3) is 0.583. The Kier molecular flexibility index (Phi) is 5.82. The number of hydrogen-bond acceptors (Lipinski definition) is 8. The minimum atomic E-state index is -3.88. The SMILES string of the molecule is CC(C)C(=O)N1CCN(c2cc(S(=O)(=O)NC3(C)CC3)cc3c(-c4nnc(C(F)F)s4)nn(C)c23)C2CC21. The molecule has 0 bridgehead atoms. The van der Waals surface area contributed by atoms with E-state index in [-0.39, 0.29) is 33.8 Å².